The van der Waals surface area contributed by atoms with Crippen LogP contribution in [-0.4, -0.2) is 5.11 Å². The summed E-state index contributed by atoms with van der Waals surface area (Å²) in [7, 11) is 0. The number of hydrogen-bond acceptors (Lipinski definition) is 1. The van der Waals surface area contributed by atoms with Gasteiger partial charge in [0.05, 0.1) is 12.2 Å². The fourth-order valence-electron chi connectivity index (χ4n) is 0.789. The average molecular weight is 198 g/mol. The number of aliphatic hydroxyl groups is 1. The second kappa shape index (κ2) is 3.29. The molecule has 0 aliphatic rings. The molecule has 1 aromatic rings. The summed E-state index contributed by atoms with van der Waals surface area (Å²) in [4.78, 5) is 0. The van der Waals surface area contributed by atoms with Gasteiger partial charge < -0.3 is 5.11 Å². The van der Waals surface area contributed by atoms with Crippen molar-refractivity contribution in [3.05, 3.63) is 34.6 Å². The predicted octanol–water partition coefficient (Wildman–Crippen LogP) is 1.87. The molecule has 0 saturated carbocycles. The lowest BCUT2D eigenvalue weighted by Crippen LogP contribution is -2.06. The first-order valence-electron chi connectivity index (χ1n) is 3.11. The Morgan fingerprint density at radius 2 is 1.00 bits per heavy atom. The molecule has 0 aliphatic heterocycles. The van der Waals surface area contributed by atoms with Crippen LogP contribution in [-0.2, 0) is 6.61 Å². The zero-order valence-electron chi connectivity index (χ0n) is 6.04. The second-order valence-corrected chi connectivity index (χ2v) is 2.21. The van der Waals surface area contributed by atoms with Crippen molar-refractivity contribution in [3.8, 4) is 0 Å². The van der Waals surface area contributed by atoms with Crippen molar-refractivity contribution in [1.82, 2.24) is 0 Å². The first-order valence-corrected chi connectivity index (χ1v) is 3.11. The molecule has 0 unspecified atom stereocenters. The maximum absolute atomic E-state index is 12.5. The minimum absolute atomic E-state index is 1.23. The van der Waals surface area contributed by atoms with Gasteiger partial charge in [-0.2, -0.15) is 0 Å². The van der Waals surface area contributed by atoms with Gasteiger partial charge in [0.15, 0.2) is 23.3 Å². The lowest BCUT2D eigenvalue weighted by molar-refractivity contribution is 0.258. The third-order valence-corrected chi connectivity index (χ3v) is 1.46. The Morgan fingerprint density at radius 1 is 0.692 bits per heavy atom. The largest absolute Gasteiger partial charge is 0.391 e. The summed E-state index contributed by atoms with van der Waals surface area (Å²) in [5.41, 5.74) is -1.23. The fraction of sp³-hybridized carbons (Fsp3) is 0.143. The maximum atomic E-state index is 12.5. The van der Waals surface area contributed by atoms with E-state index in [1.807, 2.05) is 0 Å². The summed E-state index contributed by atoms with van der Waals surface area (Å²) in [6.07, 6.45) is 0. The van der Waals surface area contributed by atoms with E-state index in [1.54, 1.807) is 0 Å². The van der Waals surface area contributed by atoms with Crippen LogP contribution in [0.25, 0.3) is 0 Å². The molecular formula is C7H3F5O. The summed E-state index contributed by atoms with van der Waals surface area (Å²) >= 11 is 0. The van der Waals surface area contributed by atoms with Gasteiger partial charge in [0, 0.05) is 0 Å². The van der Waals surface area contributed by atoms with Gasteiger partial charge in [-0.05, 0) is 0 Å². The predicted molar refractivity (Wildman–Crippen MR) is 32.2 cm³/mol. The van der Waals surface area contributed by atoms with Crippen LogP contribution in [0.3, 0.4) is 0 Å². The van der Waals surface area contributed by atoms with Gasteiger partial charge in [0.2, 0.25) is 5.82 Å². The van der Waals surface area contributed by atoms with E-state index in [4.69, 9.17) is 5.11 Å². The van der Waals surface area contributed by atoms with Crippen LogP contribution in [0.15, 0.2) is 0 Å². The molecule has 0 amide bonds. The zero-order chi connectivity index (χ0) is 10.2. The number of benzene rings is 1. The minimum Gasteiger partial charge on any atom is -0.391 e. The van der Waals surface area contributed by atoms with Gasteiger partial charge in [-0.1, -0.05) is 0 Å². The molecule has 0 atom stereocenters. The van der Waals surface area contributed by atoms with Crippen LogP contribution in [0.4, 0.5) is 22.0 Å². The second-order valence-electron chi connectivity index (χ2n) is 2.21. The first-order chi connectivity index (χ1) is 6.00. The lowest BCUT2D eigenvalue weighted by atomic mass is 10.2. The molecule has 0 heterocycles. The standard InChI is InChI=1S/C7H3F5O/c8-3-2(1-13)4(9)6(11)7(12)5(3)10/h13H,1H2. The normalized spacial score (nSPS) is 10.6. The fourth-order valence-corrected chi connectivity index (χ4v) is 0.789. The quantitative estimate of drug-likeness (QED) is 0.415. The number of rotatable bonds is 1. The number of halogens is 5. The van der Waals surface area contributed by atoms with E-state index in [1.165, 1.54) is 0 Å². The maximum Gasteiger partial charge on any atom is 0.200 e. The molecule has 0 saturated heterocycles. The van der Waals surface area contributed by atoms with E-state index >= 15 is 0 Å². The zero-order valence-corrected chi connectivity index (χ0v) is 6.04. The van der Waals surface area contributed by atoms with Crippen LogP contribution in [0, 0.1) is 29.1 Å². The molecule has 0 fully saturated rings. The number of hydrogen-bond donors (Lipinski definition) is 1. The molecule has 0 aliphatic carbocycles. The first kappa shape index (κ1) is 9.91. The molecular weight excluding hydrogens is 195 g/mol. The topological polar surface area (TPSA) is 20.2 Å². The Labute approximate surface area is 69.4 Å². The molecule has 0 spiro atoms. The highest BCUT2D eigenvalue weighted by molar-refractivity contribution is 5.23. The van der Waals surface area contributed by atoms with Crippen molar-refractivity contribution in [1.29, 1.82) is 0 Å². The van der Waals surface area contributed by atoms with E-state index in [0.717, 1.165) is 0 Å². The van der Waals surface area contributed by atoms with Gasteiger partial charge in [-0.25, -0.2) is 22.0 Å². The molecule has 1 rings (SSSR count). The van der Waals surface area contributed by atoms with Crippen molar-refractivity contribution in [2.45, 2.75) is 6.61 Å². The van der Waals surface area contributed by atoms with Crippen molar-refractivity contribution >= 4 is 0 Å². The van der Waals surface area contributed by atoms with E-state index in [9.17, 15) is 22.0 Å². The van der Waals surface area contributed by atoms with Crippen LogP contribution < -0.4 is 0 Å². The Balaban J connectivity index is 3.56. The van der Waals surface area contributed by atoms with E-state index in [2.05, 4.69) is 0 Å². The summed E-state index contributed by atoms with van der Waals surface area (Å²) in [6, 6.07) is 0. The summed E-state index contributed by atoms with van der Waals surface area (Å²) in [6.45, 7) is -1.24. The summed E-state index contributed by atoms with van der Waals surface area (Å²) < 4.78 is 62.0. The van der Waals surface area contributed by atoms with Crippen LogP contribution >= 0.6 is 0 Å². The molecule has 1 aromatic carbocycles. The van der Waals surface area contributed by atoms with Gasteiger partial charge in [-0.15, -0.1) is 0 Å². The third-order valence-electron chi connectivity index (χ3n) is 1.46. The Hall–Kier alpha value is -1.17. The van der Waals surface area contributed by atoms with Crippen molar-refractivity contribution in [3.63, 3.8) is 0 Å². The van der Waals surface area contributed by atoms with E-state index in [0.29, 0.717) is 0 Å². The van der Waals surface area contributed by atoms with Crippen LogP contribution in [0.2, 0.25) is 0 Å². The highest BCUT2D eigenvalue weighted by atomic mass is 19.2. The Kier molecular flexibility index (Phi) is 2.51. The van der Waals surface area contributed by atoms with E-state index in [-0.39, 0.29) is 0 Å². The van der Waals surface area contributed by atoms with Crippen LogP contribution in [0.1, 0.15) is 5.56 Å². The van der Waals surface area contributed by atoms with Crippen molar-refractivity contribution in [2.75, 3.05) is 0 Å². The molecule has 6 heteroatoms. The smallest absolute Gasteiger partial charge is 0.200 e. The number of aliphatic hydroxyl groups excluding tert-OH is 1. The molecule has 13 heavy (non-hydrogen) atoms. The molecule has 0 bridgehead atoms. The molecule has 1 nitrogen and oxygen atoms in total. The summed E-state index contributed by atoms with van der Waals surface area (Å²) in [5, 5.41) is 8.30. The molecule has 0 aromatic heterocycles. The van der Waals surface area contributed by atoms with Gasteiger partial charge in [-0.3, -0.25) is 0 Å². The highest BCUT2D eigenvalue weighted by Crippen LogP contribution is 2.22. The molecule has 1 N–H and O–H groups in total. The van der Waals surface area contributed by atoms with Crippen LogP contribution in [0.5, 0.6) is 0 Å². The minimum atomic E-state index is -2.23. The van der Waals surface area contributed by atoms with Crippen molar-refractivity contribution in [2.24, 2.45) is 0 Å². The SMILES string of the molecule is OCc1c(F)c(F)c(F)c(F)c1F. The summed E-state index contributed by atoms with van der Waals surface area (Å²) in [5.74, 6) is -10.3. The van der Waals surface area contributed by atoms with Gasteiger partial charge in [0.25, 0.3) is 0 Å². The molecule has 72 valence electrons. The van der Waals surface area contributed by atoms with E-state index < -0.39 is 41.3 Å². The molecule has 0 radical (unpaired) electrons. The van der Waals surface area contributed by atoms with Gasteiger partial charge >= 0.3 is 0 Å². The monoisotopic (exact) mass is 198 g/mol. The average Bonchev–Trinajstić information content (AvgIpc) is 2.13. The Morgan fingerprint density at radius 3 is 1.31 bits per heavy atom. The highest BCUT2D eigenvalue weighted by Gasteiger charge is 2.24. The Bertz CT molecular complexity index is 320. The van der Waals surface area contributed by atoms with Crippen molar-refractivity contribution < 1.29 is 27.1 Å². The third kappa shape index (κ3) is 1.37. The van der Waals surface area contributed by atoms with Gasteiger partial charge in [0.1, 0.15) is 0 Å². The lowest BCUT2D eigenvalue weighted by Gasteiger charge is -2.04.